The van der Waals surface area contributed by atoms with Gasteiger partial charge in [0.2, 0.25) is 0 Å². The van der Waals surface area contributed by atoms with Crippen molar-refractivity contribution in [1.82, 2.24) is 14.5 Å². The van der Waals surface area contributed by atoms with Crippen LogP contribution in [0.4, 0.5) is 13.2 Å². The Morgan fingerprint density at radius 1 is 1.14 bits per heavy atom. The molecule has 0 spiro atoms. The molecule has 28 heavy (non-hydrogen) atoms. The third kappa shape index (κ3) is 4.18. The number of carbonyl (C=O) groups excluding carboxylic acids is 1. The highest BCUT2D eigenvalue weighted by atomic mass is 19.4. The number of nitrogens with zero attached hydrogens (tertiary/aromatic N) is 3. The standard InChI is InChI=1S/C21H22F3N3O/c1-3-11-27(12-9-17-6-4-5-10-25-17)20(28)19-14-15-13-16(21(22,23)24)7-8-18(15)26(19)2/h4-8,10,13-14H,3,9,11-12H2,1-2H3. The van der Waals surface area contributed by atoms with Gasteiger partial charge < -0.3 is 9.47 Å². The smallest absolute Gasteiger partial charge is 0.340 e. The Labute approximate surface area is 161 Å². The molecule has 0 aliphatic rings. The number of amides is 1. The number of aryl methyl sites for hydroxylation is 1. The van der Waals surface area contributed by atoms with Gasteiger partial charge in [-0.15, -0.1) is 0 Å². The minimum Gasteiger partial charge on any atom is -0.340 e. The molecule has 4 nitrogen and oxygen atoms in total. The van der Waals surface area contributed by atoms with Crippen LogP contribution in [0, 0.1) is 0 Å². The lowest BCUT2D eigenvalue weighted by atomic mass is 10.1. The predicted molar refractivity (Wildman–Crippen MR) is 102 cm³/mol. The van der Waals surface area contributed by atoms with Gasteiger partial charge in [-0.2, -0.15) is 13.2 Å². The van der Waals surface area contributed by atoms with Crippen molar-refractivity contribution in [3.63, 3.8) is 0 Å². The molecule has 0 aliphatic heterocycles. The summed E-state index contributed by atoms with van der Waals surface area (Å²) in [6.45, 7) is 3.05. The molecule has 1 aromatic carbocycles. The first-order chi connectivity index (χ1) is 13.3. The highest BCUT2D eigenvalue weighted by molar-refractivity contribution is 5.98. The van der Waals surface area contributed by atoms with Crippen LogP contribution in [0.15, 0.2) is 48.7 Å². The fraction of sp³-hybridized carbons (Fsp3) is 0.333. The van der Waals surface area contributed by atoms with Gasteiger partial charge in [0.1, 0.15) is 5.69 Å². The van der Waals surface area contributed by atoms with Crippen molar-refractivity contribution in [2.45, 2.75) is 25.9 Å². The molecule has 0 aliphatic carbocycles. The number of rotatable bonds is 6. The Hall–Kier alpha value is -2.83. The summed E-state index contributed by atoms with van der Waals surface area (Å²) < 4.78 is 40.6. The molecule has 0 N–H and O–H groups in total. The summed E-state index contributed by atoms with van der Waals surface area (Å²) in [5, 5.41) is 0.404. The van der Waals surface area contributed by atoms with Crippen molar-refractivity contribution >= 4 is 16.8 Å². The largest absolute Gasteiger partial charge is 0.416 e. The predicted octanol–water partition coefficient (Wildman–Crippen LogP) is 4.69. The fourth-order valence-electron chi connectivity index (χ4n) is 3.27. The van der Waals surface area contributed by atoms with Gasteiger partial charge in [-0.25, -0.2) is 0 Å². The molecule has 0 radical (unpaired) electrons. The molecule has 0 atom stereocenters. The van der Waals surface area contributed by atoms with Crippen LogP contribution in [0.25, 0.3) is 10.9 Å². The monoisotopic (exact) mass is 389 g/mol. The zero-order chi connectivity index (χ0) is 20.3. The minimum atomic E-state index is -4.41. The lowest BCUT2D eigenvalue weighted by Gasteiger charge is -2.22. The summed E-state index contributed by atoms with van der Waals surface area (Å²) in [5.41, 5.74) is 1.15. The third-order valence-electron chi connectivity index (χ3n) is 4.73. The molecule has 2 aromatic heterocycles. The Bertz CT molecular complexity index is 964. The number of hydrogen-bond acceptors (Lipinski definition) is 2. The minimum absolute atomic E-state index is 0.190. The van der Waals surface area contributed by atoms with Crippen LogP contribution in [0.5, 0.6) is 0 Å². The van der Waals surface area contributed by atoms with Crippen molar-refractivity contribution in [2.75, 3.05) is 13.1 Å². The summed E-state index contributed by atoms with van der Waals surface area (Å²) in [7, 11) is 1.70. The molecular weight excluding hydrogens is 367 g/mol. The van der Waals surface area contributed by atoms with Crippen molar-refractivity contribution in [2.24, 2.45) is 7.05 Å². The van der Waals surface area contributed by atoms with Crippen LogP contribution < -0.4 is 0 Å². The average Bonchev–Trinajstić information content (AvgIpc) is 3.01. The van der Waals surface area contributed by atoms with Gasteiger partial charge in [0.25, 0.3) is 5.91 Å². The van der Waals surface area contributed by atoms with Crippen molar-refractivity contribution in [1.29, 1.82) is 0 Å². The van der Waals surface area contributed by atoms with Crippen LogP contribution in [0.1, 0.15) is 35.1 Å². The van der Waals surface area contributed by atoms with Crippen molar-refractivity contribution in [3.8, 4) is 0 Å². The van der Waals surface area contributed by atoms with Gasteiger partial charge in [0.05, 0.1) is 5.56 Å². The second-order valence-corrected chi connectivity index (χ2v) is 6.72. The van der Waals surface area contributed by atoms with E-state index in [4.69, 9.17) is 0 Å². The number of alkyl halides is 3. The molecule has 7 heteroatoms. The van der Waals surface area contributed by atoms with E-state index in [1.54, 1.807) is 22.7 Å². The first kappa shape index (κ1) is 19.9. The number of pyridine rings is 1. The normalized spacial score (nSPS) is 11.8. The van der Waals surface area contributed by atoms with Crippen LogP contribution in [0.2, 0.25) is 0 Å². The van der Waals surface area contributed by atoms with Gasteiger partial charge in [0.15, 0.2) is 0 Å². The molecule has 0 bridgehead atoms. The van der Waals surface area contributed by atoms with Crippen LogP contribution in [-0.2, 0) is 19.6 Å². The van der Waals surface area contributed by atoms with Gasteiger partial charge in [-0.1, -0.05) is 13.0 Å². The van der Waals surface area contributed by atoms with E-state index in [9.17, 15) is 18.0 Å². The van der Waals surface area contributed by atoms with Gasteiger partial charge in [-0.05, 0) is 42.8 Å². The van der Waals surface area contributed by atoms with Crippen LogP contribution in [0.3, 0.4) is 0 Å². The fourth-order valence-corrected chi connectivity index (χ4v) is 3.27. The lowest BCUT2D eigenvalue weighted by Crippen LogP contribution is -2.34. The Balaban J connectivity index is 1.87. The molecule has 0 saturated carbocycles. The topological polar surface area (TPSA) is 38.1 Å². The van der Waals surface area contributed by atoms with Crippen LogP contribution in [-0.4, -0.2) is 33.4 Å². The van der Waals surface area contributed by atoms with E-state index >= 15 is 0 Å². The zero-order valence-electron chi connectivity index (χ0n) is 15.8. The van der Waals surface area contributed by atoms with E-state index in [1.165, 1.54) is 12.1 Å². The molecule has 1 amide bonds. The summed E-state index contributed by atoms with van der Waals surface area (Å²) in [4.78, 5) is 19.1. The maximum absolute atomic E-state index is 13.1. The van der Waals surface area contributed by atoms with E-state index < -0.39 is 11.7 Å². The van der Waals surface area contributed by atoms with E-state index in [-0.39, 0.29) is 5.91 Å². The molecule has 0 saturated heterocycles. The van der Waals surface area contributed by atoms with E-state index in [1.807, 2.05) is 25.1 Å². The number of benzene rings is 1. The second kappa shape index (κ2) is 8.04. The Morgan fingerprint density at radius 3 is 2.57 bits per heavy atom. The molecular formula is C21H22F3N3O. The maximum Gasteiger partial charge on any atom is 0.416 e. The van der Waals surface area contributed by atoms with E-state index in [0.29, 0.717) is 36.1 Å². The summed E-state index contributed by atoms with van der Waals surface area (Å²) in [6.07, 6.45) is -1.29. The Kier molecular flexibility index (Phi) is 5.72. The molecule has 148 valence electrons. The molecule has 2 heterocycles. The number of hydrogen-bond donors (Lipinski definition) is 0. The summed E-state index contributed by atoms with van der Waals surface area (Å²) >= 11 is 0. The van der Waals surface area contributed by atoms with Gasteiger partial charge >= 0.3 is 6.18 Å². The highest BCUT2D eigenvalue weighted by Gasteiger charge is 2.31. The maximum atomic E-state index is 13.1. The number of fused-ring (bicyclic) bond motifs is 1. The SMILES string of the molecule is CCCN(CCc1ccccn1)C(=O)c1cc2cc(C(F)(F)F)ccc2n1C. The number of aromatic nitrogens is 2. The number of halogens is 3. The summed E-state index contributed by atoms with van der Waals surface area (Å²) in [5.74, 6) is -0.190. The molecule has 3 rings (SSSR count). The van der Waals surface area contributed by atoms with Crippen LogP contribution >= 0.6 is 0 Å². The molecule has 3 aromatic rings. The van der Waals surface area contributed by atoms with Crippen molar-refractivity contribution < 1.29 is 18.0 Å². The first-order valence-corrected chi connectivity index (χ1v) is 9.17. The average molecular weight is 389 g/mol. The first-order valence-electron chi connectivity index (χ1n) is 9.17. The molecule has 0 unspecified atom stereocenters. The number of carbonyl (C=O) groups is 1. The molecule has 0 fully saturated rings. The van der Waals surface area contributed by atoms with Crippen molar-refractivity contribution in [3.05, 3.63) is 65.6 Å². The van der Waals surface area contributed by atoms with Gasteiger partial charge in [0, 0.05) is 49.4 Å². The van der Waals surface area contributed by atoms with Gasteiger partial charge in [-0.3, -0.25) is 9.78 Å². The second-order valence-electron chi connectivity index (χ2n) is 6.72. The lowest BCUT2D eigenvalue weighted by molar-refractivity contribution is -0.137. The highest BCUT2D eigenvalue weighted by Crippen LogP contribution is 2.32. The van der Waals surface area contributed by atoms with E-state index in [2.05, 4.69) is 4.98 Å². The zero-order valence-corrected chi connectivity index (χ0v) is 15.8. The van der Waals surface area contributed by atoms with E-state index in [0.717, 1.165) is 24.2 Å². The Morgan fingerprint density at radius 2 is 1.93 bits per heavy atom. The third-order valence-corrected chi connectivity index (χ3v) is 4.73. The summed E-state index contributed by atoms with van der Waals surface area (Å²) in [6, 6.07) is 10.7. The quantitative estimate of drug-likeness (QED) is 0.614.